The normalized spacial score (nSPS) is 17.0. The summed E-state index contributed by atoms with van der Waals surface area (Å²) in [7, 11) is 3.70. The summed E-state index contributed by atoms with van der Waals surface area (Å²) in [6, 6.07) is 8.62. The largest absolute Gasteiger partial charge is 0.497 e. The van der Waals surface area contributed by atoms with Gasteiger partial charge < -0.3 is 19.4 Å². The number of rotatable bonds is 6. The Hall–Kier alpha value is -1.92. The SMILES string of the molecule is COc1ccc([C@@H](NCc2nnc(C)n2C)C2CCOCC2)cc1. The first kappa shape index (κ1) is 16.9. The molecule has 1 aliphatic rings. The second-order valence-corrected chi connectivity index (χ2v) is 6.30. The third-order valence-corrected chi connectivity index (χ3v) is 4.88. The molecule has 0 saturated carbocycles. The number of aryl methyl sites for hydroxylation is 1. The summed E-state index contributed by atoms with van der Waals surface area (Å²) in [6.45, 7) is 4.34. The molecule has 0 unspecified atom stereocenters. The maximum Gasteiger partial charge on any atom is 0.146 e. The van der Waals surface area contributed by atoms with E-state index in [9.17, 15) is 0 Å². The molecular formula is C18H26N4O2. The Balaban J connectivity index is 1.76. The average Bonchev–Trinajstić information content (AvgIpc) is 2.95. The van der Waals surface area contributed by atoms with Crippen LogP contribution in [0.15, 0.2) is 24.3 Å². The molecule has 1 N–H and O–H groups in total. The average molecular weight is 330 g/mol. The van der Waals surface area contributed by atoms with Gasteiger partial charge in [0.15, 0.2) is 0 Å². The molecule has 1 aromatic carbocycles. The van der Waals surface area contributed by atoms with E-state index < -0.39 is 0 Å². The third-order valence-electron chi connectivity index (χ3n) is 4.88. The van der Waals surface area contributed by atoms with Crippen molar-refractivity contribution in [2.45, 2.75) is 32.4 Å². The Morgan fingerprint density at radius 3 is 2.54 bits per heavy atom. The molecule has 1 aromatic heterocycles. The zero-order chi connectivity index (χ0) is 16.9. The van der Waals surface area contributed by atoms with Crippen molar-refractivity contribution < 1.29 is 9.47 Å². The fraction of sp³-hybridized carbons (Fsp3) is 0.556. The van der Waals surface area contributed by atoms with Crippen LogP contribution in [0.4, 0.5) is 0 Å². The molecule has 0 radical (unpaired) electrons. The van der Waals surface area contributed by atoms with E-state index in [1.54, 1.807) is 7.11 Å². The van der Waals surface area contributed by atoms with Crippen molar-refractivity contribution in [3.8, 4) is 5.75 Å². The van der Waals surface area contributed by atoms with Crippen LogP contribution >= 0.6 is 0 Å². The van der Waals surface area contributed by atoms with Crippen molar-refractivity contribution >= 4 is 0 Å². The van der Waals surface area contributed by atoms with Gasteiger partial charge in [0.05, 0.1) is 13.7 Å². The Morgan fingerprint density at radius 2 is 1.96 bits per heavy atom. The molecule has 6 heteroatoms. The van der Waals surface area contributed by atoms with E-state index in [4.69, 9.17) is 9.47 Å². The van der Waals surface area contributed by atoms with E-state index in [0.717, 1.165) is 43.5 Å². The number of methoxy groups -OCH3 is 1. The van der Waals surface area contributed by atoms with E-state index in [1.165, 1.54) is 5.56 Å². The lowest BCUT2D eigenvalue weighted by Crippen LogP contribution is -2.32. The van der Waals surface area contributed by atoms with Crippen LogP contribution in [0.1, 0.15) is 36.1 Å². The highest BCUT2D eigenvalue weighted by Gasteiger charge is 2.25. The van der Waals surface area contributed by atoms with Crippen LogP contribution < -0.4 is 10.1 Å². The summed E-state index contributed by atoms with van der Waals surface area (Å²) in [6.07, 6.45) is 2.14. The molecule has 0 spiro atoms. The number of aromatic nitrogens is 3. The van der Waals surface area contributed by atoms with E-state index in [0.29, 0.717) is 12.5 Å². The molecule has 24 heavy (non-hydrogen) atoms. The summed E-state index contributed by atoms with van der Waals surface area (Å²) in [5.41, 5.74) is 1.28. The molecule has 0 aliphatic carbocycles. The summed E-state index contributed by atoms with van der Waals surface area (Å²) in [5, 5.41) is 12.1. The predicted molar refractivity (Wildman–Crippen MR) is 91.9 cm³/mol. The number of nitrogens with zero attached hydrogens (tertiary/aromatic N) is 3. The standard InChI is InChI=1S/C18H26N4O2/c1-13-20-21-17(22(13)2)12-19-18(15-8-10-24-11-9-15)14-4-6-16(23-3)7-5-14/h4-7,15,18-19H,8-12H2,1-3H3/t18-/m1/s1. The van der Waals surface area contributed by atoms with Crippen molar-refractivity contribution in [1.82, 2.24) is 20.1 Å². The van der Waals surface area contributed by atoms with Gasteiger partial charge in [0.1, 0.15) is 17.4 Å². The molecule has 1 fully saturated rings. The third kappa shape index (κ3) is 3.76. The summed E-state index contributed by atoms with van der Waals surface area (Å²) in [4.78, 5) is 0. The molecule has 3 rings (SSSR count). The first-order valence-electron chi connectivity index (χ1n) is 8.49. The van der Waals surface area contributed by atoms with Gasteiger partial charge >= 0.3 is 0 Å². The van der Waals surface area contributed by atoms with Gasteiger partial charge in [-0.1, -0.05) is 12.1 Å². The summed E-state index contributed by atoms with van der Waals surface area (Å²) < 4.78 is 12.8. The van der Waals surface area contributed by atoms with Crippen LogP contribution in [0.2, 0.25) is 0 Å². The molecule has 2 heterocycles. The van der Waals surface area contributed by atoms with Crippen LogP contribution in [-0.2, 0) is 18.3 Å². The molecule has 130 valence electrons. The minimum atomic E-state index is 0.275. The molecule has 1 aliphatic heterocycles. The van der Waals surface area contributed by atoms with Crippen LogP contribution in [0.5, 0.6) is 5.75 Å². The van der Waals surface area contributed by atoms with Gasteiger partial charge in [-0.3, -0.25) is 0 Å². The highest BCUT2D eigenvalue weighted by atomic mass is 16.5. The van der Waals surface area contributed by atoms with Gasteiger partial charge in [0, 0.05) is 26.3 Å². The number of ether oxygens (including phenoxy) is 2. The minimum absolute atomic E-state index is 0.275. The molecule has 2 aromatic rings. The number of benzene rings is 1. The second kappa shape index (κ2) is 7.77. The number of nitrogens with one attached hydrogen (secondary N) is 1. The molecule has 0 amide bonds. The Bertz CT molecular complexity index is 648. The predicted octanol–water partition coefficient (Wildman–Crippen LogP) is 2.39. The van der Waals surface area contributed by atoms with Gasteiger partial charge in [-0.25, -0.2) is 0 Å². The van der Waals surface area contributed by atoms with Crippen molar-refractivity contribution in [2.24, 2.45) is 13.0 Å². The second-order valence-electron chi connectivity index (χ2n) is 6.30. The molecule has 1 atom stereocenters. The van der Waals surface area contributed by atoms with Gasteiger partial charge in [-0.05, 0) is 43.4 Å². The van der Waals surface area contributed by atoms with E-state index in [-0.39, 0.29) is 6.04 Å². The van der Waals surface area contributed by atoms with E-state index in [2.05, 4.69) is 27.6 Å². The highest BCUT2D eigenvalue weighted by Crippen LogP contribution is 2.31. The van der Waals surface area contributed by atoms with E-state index >= 15 is 0 Å². The molecule has 1 saturated heterocycles. The van der Waals surface area contributed by atoms with Crippen LogP contribution in [-0.4, -0.2) is 35.1 Å². The van der Waals surface area contributed by atoms with Crippen molar-refractivity contribution in [3.05, 3.63) is 41.5 Å². The maximum absolute atomic E-state index is 5.53. The van der Waals surface area contributed by atoms with Gasteiger partial charge in [0.25, 0.3) is 0 Å². The number of hydrogen-bond acceptors (Lipinski definition) is 5. The van der Waals surface area contributed by atoms with Gasteiger partial charge in [-0.15, -0.1) is 10.2 Å². The zero-order valence-corrected chi connectivity index (χ0v) is 14.7. The summed E-state index contributed by atoms with van der Waals surface area (Å²) >= 11 is 0. The quantitative estimate of drug-likeness (QED) is 0.881. The first-order valence-corrected chi connectivity index (χ1v) is 8.49. The topological polar surface area (TPSA) is 61.2 Å². The Kier molecular flexibility index (Phi) is 5.48. The lowest BCUT2D eigenvalue weighted by Gasteiger charge is -2.31. The van der Waals surface area contributed by atoms with Crippen LogP contribution in [0, 0.1) is 12.8 Å². The lowest BCUT2D eigenvalue weighted by atomic mass is 9.87. The first-order chi connectivity index (χ1) is 11.7. The van der Waals surface area contributed by atoms with Crippen molar-refractivity contribution in [3.63, 3.8) is 0 Å². The number of hydrogen-bond donors (Lipinski definition) is 1. The van der Waals surface area contributed by atoms with Crippen LogP contribution in [0.3, 0.4) is 0 Å². The van der Waals surface area contributed by atoms with Crippen LogP contribution in [0.25, 0.3) is 0 Å². The monoisotopic (exact) mass is 330 g/mol. The maximum atomic E-state index is 5.53. The zero-order valence-electron chi connectivity index (χ0n) is 14.7. The van der Waals surface area contributed by atoms with Gasteiger partial charge in [-0.2, -0.15) is 0 Å². The molecule has 6 nitrogen and oxygen atoms in total. The summed E-state index contributed by atoms with van der Waals surface area (Å²) in [5.74, 6) is 3.33. The molecular weight excluding hydrogens is 304 g/mol. The minimum Gasteiger partial charge on any atom is -0.497 e. The Morgan fingerprint density at radius 1 is 1.25 bits per heavy atom. The van der Waals surface area contributed by atoms with Gasteiger partial charge in [0.2, 0.25) is 0 Å². The smallest absolute Gasteiger partial charge is 0.146 e. The van der Waals surface area contributed by atoms with Crippen molar-refractivity contribution in [1.29, 1.82) is 0 Å². The van der Waals surface area contributed by atoms with E-state index in [1.807, 2.05) is 30.7 Å². The molecule has 0 bridgehead atoms. The fourth-order valence-electron chi connectivity index (χ4n) is 3.22. The lowest BCUT2D eigenvalue weighted by molar-refractivity contribution is 0.0532. The van der Waals surface area contributed by atoms with Crippen molar-refractivity contribution in [2.75, 3.05) is 20.3 Å². The Labute approximate surface area is 143 Å². The fourth-order valence-corrected chi connectivity index (χ4v) is 3.22. The highest BCUT2D eigenvalue weighted by molar-refractivity contribution is 5.29.